The van der Waals surface area contributed by atoms with Crippen LogP contribution in [-0.2, 0) is 9.59 Å². The molecule has 0 aliphatic carbocycles. The summed E-state index contributed by atoms with van der Waals surface area (Å²) in [6, 6.07) is 9.67. The molecule has 1 heterocycles. The number of nitro groups is 1. The van der Waals surface area contributed by atoms with E-state index in [4.69, 9.17) is 0 Å². The molecule has 28 heavy (non-hydrogen) atoms. The van der Waals surface area contributed by atoms with Crippen molar-refractivity contribution in [1.82, 2.24) is 10.9 Å². The van der Waals surface area contributed by atoms with E-state index in [1.165, 1.54) is 18.2 Å². The molecule has 0 aromatic heterocycles. The van der Waals surface area contributed by atoms with Gasteiger partial charge in [0, 0.05) is 17.7 Å². The normalized spacial score (nSPS) is 16.4. The summed E-state index contributed by atoms with van der Waals surface area (Å²) in [5.41, 5.74) is 7.06. The van der Waals surface area contributed by atoms with Crippen molar-refractivity contribution >= 4 is 29.1 Å². The maximum Gasteiger partial charge on any atom is 0.270 e. The highest BCUT2D eigenvalue weighted by atomic mass is 16.6. The van der Waals surface area contributed by atoms with Crippen molar-refractivity contribution in [3.05, 3.63) is 69.3 Å². The number of nitrogens with one attached hydrogen (secondary N) is 2. The first kappa shape index (κ1) is 19.2. The second kappa shape index (κ2) is 7.57. The van der Waals surface area contributed by atoms with E-state index in [0.717, 1.165) is 22.1 Å². The minimum Gasteiger partial charge on any atom is -0.287 e. The smallest absolute Gasteiger partial charge is 0.270 e. The van der Waals surface area contributed by atoms with Crippen LogP contribution in [-0.4, -0.2) is 28.7 Å². The molecule has 0 saturated carbocycles. The molecule has 1 unspecified atom stereocenters. The summed E-state index contributed by atoms with van der Waals surface area (Å²) in [6.07, 6.45) is -0.110. The van der Waals surface area contributed by atoms with Gasteiger partial charge in [0.25, 0.3) is 17.5 Å². The van der Waals surface area contributed by atoms with Gasteiger partial charge in [0.2, 0.25) is 5.91 Å². The fourth-order valence-corrected chi connectivity index (χ4v) is 3.04. The number of anilines is 1. The number of rotatable bonds is 5. The van der Waals surface area contributed by atoms with E-state index < -0.39 is 22.8 Å². The maximum absolute atomic E-state index is 12.6. The van der Waals surface area contributed by atoms with E-state index >= 15 is 0 Å². The van der Waals surface area contributed by atoms with Crippen molar-refractivity contribution in [3.8, 4) is 0 Å². The molecule has 1 aliphatic rings. The number of hydrazine groups is 1. The molecule has 9 heteroatoms. The van der Waals surface area contributed by atoms with Gasteiger partial charge in [-0.2, -0.15) is 0 Å². The fourth-order valence-electron chi connectivity index (χ4n) is 3.04. The number of hydrogen-bond donors (Lipinski definition) is 2. The van der Waals surface area contributed by atoms with Crippen LogP contribution < -0.4 is 15.8 Å². The number of non-ortho nitro benzene ring substituents is 1. The van der Waals surface area contributed by atoms with Crippen molar-refractivity contribution in [2.45, 2.75) is 26.3 Å². The van der Waals surface area contributed by atoms with Crippen LogP contribution in [0.15, 0.2) is 42.5 Å². The molecule has 0 bridgehead atoms. The third-order valence-corrected chi connectivity index (χ3v) is 4.42. The first-order valence-corrected chi connectivity index (χ1v) is 8.52. The van der Waals surface area contributed by atoms with E-state index in [1.807, 2.05) is 26.0 Å². The summed E-state index contributed by atoms with van der Waals surface area (Å²) in [5.74, 6) is -1.50. The number of amides is 3. The van der Waals surface area contributed by atoms with Crippen molar-refractivity contribution < 1.29 is 19.3 Å². The Morgan fingerprint density at radius 1 is 1.18 bits per heavy atom. The van der Waals surface area contributed by atoms with E-state index in [-0.39, 0.29) is 23.6 Å². The Morgan fingerprint density at radius 2 is 1.93 bits per heavy atom. The van der Waals surface area contributed by atoms with E-state index in [2.05, 4.69) is 10.9 Å². The number of aryl methyl sites for hydroxylation is 2. The predicted molar refractivity (Wildman–Crippen MR) is 101 cm³/mol. The summed E-state index contributed by atoms with van der Waals surface area (Å²) in [4.78, 5) is 48.5. The zero-order chi connectivity index (χ0) is 20.4. The minimum atomic E-state index is -0.921. The first-order chi connectivity index (χ1) is 13.3. The van der Waals surface area contributed by atoms with Gasteiger partial charge in [-0.1, -0.05) is 23.8 Å². The molecule has 2 aromatic carbocycles. The zero-order valence-corrected chi connectivity index (χ0v) is 15.3. The van der Waals surface area contributed by atoms with Gasteiger partial charge in [-0.05, 0) is 31.5 Å². The van der Waals surface area contributed by atoms with E-state index in [0.29, 0.717) is 5.69 Å². The molecule has 0 radical (unpaired) electrons. The largest absolute Gasteiger partial charge is 0.287 e. The Morgan fingerprint density at radius 3 is 2.61 bits per heavy atom. The standard InChI is InChI=1S/C19H18N4O5/c1-11-6-7-16(12(2)8-11)22-17(24)10-15(19(22)26)20-21-18(25)13-4-3-5-14(9-13)23(27)28/h3-9,15,20H,10H2,1-2H3,(H,21,25). The molecule has 2 aromatic rings. The SMILES string of the molecule is Cc1ccc(N2C(=O)CC(NNC(=O)c3cccc([N+](=O)[O-])c3)C2=O)c(C)c1. The summed E-state index contributed by atoms with van der Waals surface area (Å²) < 4.78 is 0. The van der Waals surface area contributed by atoms with Gasteiger partial charge >= 0.3 is 0 Å². The number of hydrogen-bond acceptors (Lipinski definition) is 6. The number of imide groups is 1. The molecular weight excluding hydrogens is 364 g/mol. The van der Waals surface area contributed by atoms with Crippen molar-refractivity contribution in [1.29, 1.82) is 0 Å². The first-order valence-electron chi connectivity index (χ1n) is 8.52. The lowest BCUT2D eigenvalue weighted by atomic mass is 10.1. The molecule has 1 aliphatic heterocycles. The Balaban J connectivity index is 1.70. The molecule has 3 amide bonds. The van der Waals surface area contributed by atoms with Gasteiger partial charge in [0.15, 0.2) is 0 Å². The van der Waals surface area contributed by atoms with Crippen molar-refractivity contribution in [3.63, 3.8) is 0 Å². The highest BCUT2D eigenvalue weighted by Crippen LogP contribution is 2.26. The topological polar surface area (TPSA) is 122 Å². The molecule has 144 valence electrons. The van der Waals surface area contributed by atoms with Gasteiger partial charge in [-0.15, -0.1) is 0 Å². The van der Waals surface area contributed by atoms with Gasteiger partial charge in [0.1, 0.15) is 6.04 Å². The average Bonchev–Trinajstić information content (AvgIpc) is 2.93. The molecule has 1 saturated heterocycles. The van der Waals surface area contributed by atoms with E-state index in [1.54, 1.807) is 6.07 Å². The minimum absolute atomic E-state index is 0.0599. The van der Waals surface area contributed by atoms with Crippen molar-refractivity contribution in [2.24, 2.45) is 0 Å². The second-order valence-electron chi connectivity index (χ2n) is 6.52. The molecular formula is C19H18N4O5. The Hall–Kier alpha value is -3.59. The number of nitrogens with zero attached hydrogens (tertiary/aromatic N) is 2. The molecule has 1 fully saturated rings. The Labute approximate surface area is 160 Å². The number of benzene rings is 2. The van der Waals surface area contributed by atoms with Gasteiger partial charge in [-0.25, -0.2) is 10.3 Å². The Kier molecular flexibility index (Phi) is 5.18. The van der Waals surface area contributed by atoms with Crippen molar-refractivity contribution in [2.75, 3.05) is 4.90 Å². The summed E-state index contributed by atoms with van der Waals surface area (Å²) in [6.45, 7) is 3.73. The van der Waals surface area contributed by atoms with Crippen LogP contribution in [0.4, 0.5) is 11.4 Å². The highest BCUT2D eigenvalue weighted by Gasteiger charge is 2.40. The zero-order valence-electron chi connectivity index (χ0n) is 15.3. The van der Waals surface area contributed by atoms with Crippen LogP contribution in [0.2, 0.25) is 0 Å². The number of carbonyl (C=O) groups is 3. The van der Waals surface area contributed by atoms with Gasteiger partial charge < -0.3 is 0 Å². The lowest BCUT2D eigenvalue weighted by molar-refractivity contribution is -0.384. The molecule has 1 atom stereocenters. The van der Waals surface area contributed by atoms with Crippen LogP contribution in [0.3, 0.4) is 0 Å². The number of carbonyl (C=O) groups excluding carboxylic acids is 3. The highest BCUT2D eigenvalue weighted by molar-refractivity contribution is 6.22. The third kappa shape index (κ3) is 3.74. The molecule has 2 N–H and O–H groups in total. The average molecular weight is 382 g/mol. The van der Waals surface area contributed by atoms with Crippen LogP contribution in [0.5, 0.6) is 0 Å². The molecule has 3 rings (SSSR count). The fraction of sp³-hybridized carbons (Fsp3) is 0.211. The van der Waals surface area contributed by atoms with E-state index in [9.17, 15) is 24.5 Å². The van der Waals surface area contributed by atoms with Crippen LogP contribution in [0, 0.1) is 24.0 Å². The lowest BCUT2D eigenvalue weighted by Crippen LogP contribution is -2.48. The van der Waals surface area contributed by atoms with Crippen LogP contribution in [0.1, 0.15) is 27.9 Å². The monoisotopic (exact) mass is 382 g/mol. The number of nitro benzene ring substituents is 1. The Bertz CT molecular complexity index is 988. The quantitative estimate of drug-likeness (QED) is 0.462. The predicted octanol–water partition coefficient (Wildman–Crippen LogP) is 1.78. The summed E-state index contributed by atoms with van der Waals surface area (Å²) in [5, 5.41) is 10.8. The lowest BCUT2D eigenvalue weighted by Gasteiger charge is -2.18. The summed E-state index contributed by atoms with van der Waals surface area (Å²) in [7, 11) is 0. The van der Waals surface area contributed by atoms with Crippen LogP contribution in [0.25, 0.3) is 0 Å². The summed E-state index contributed by atoms with van der Waals surface area (Å²) >= 11 is 0. The molecule has 9 nitrogen and oxygen atoms in total. The second-order valence-corrected chi connectivity index (χ2v) is 6.52. The molecule has 0 spiro atoms. The van der Waals surface area contributed by atoms with Gasteiger partial charge in [-0.3, -0.25) is 29.9 Å². The van der Waals surface area contributed by atoms with Gasteiger partial charge in [0.05, 0.1) is 17.0 Å². The van der Waals surface area contributed by atoms with Crippen LogP contribution >= 0.6 is 0 Å². The maximum atomic E-state index is 12.6. The third-order valence-electron chi connectivity index (χ3n) is 4.42.